The predicted octanol–water partition coefficient (Wildman–Crippen LogP) is 2.85. The van der Waals surface area contributed by atoms with Gasteiger partial charge in [0.05, 0.1) is 24.9 Å². The molecule has 1 amide bonds. The number of pyridine rings is 2. The van der Waals surface area contributed by atoms with Crippen molar-refractivity contribution in [3.05, 3.63) is 54.7 Å². The number of hydrogen-bond donors (Lipinski definition) is 2. The molecular formula is C22H22F2N6O3. The first kappa shape index (κ1) is 22.5. The lowest BCUT2D eigenvalue weighted by molar-refractivity contribution is -0.0301. The minimum atomic E-state index is -2.85. The van der Waals surface area contributed by atoms with Gasteiger partial charge in [-0.25, -0.2) is 23.7 Å². The molecule has 4 rings (SSSR count). The van der Waals surface area contributed by atoms with E-state index in [1.54, 1.807) is 30.6 Å². The summed E-state index contributed by atoms with van der Waals surface area (Å²) in [5.41, 5.74) is 0.729. The normalized spacial score (nSPS) is 17.2. The number of hydrogen-bond acceptors (Lipinski definition) is 8. The molecule has 9 nitrogen and oxygen atoms in total. The molecule has 0 bridgehead atoms. The number of halogens is 2. The van der Waals surface area contributed by atoms with Crippen molar-refractivity contribution in [1.29, 1.82) is 0 Å². The second kappa shape index (κ2) is 9.82. The Morgan fingerprint density at radius 3 is 2.82 bits per heavy atom. The Hall–Kier alpha value is -3.73. The Kier molecular flexibility index (Phi) is 6.68. The average Bonchev–Trinajstić information content (AvgIpc) is 2.80. The summed E-state index contributed by atoms with van der Waals surface area (Å²) < 4.78 is 38.3. The lowest BCUT2D eigenvalue weighted by atomic mass is 10.0. The van der Waals surface area contributed by atoms with Crippen LogP contribution < -0.4 is 20.1 Å². The van der Waals surface area contributed by atoms with E-state index in [1.807, 2.05) is 6.92 Å². The second-order valence-electron chi connectivity index (χ2n) is 7.41. The summed E-state index contributed by atoms with van der Waals surface area (Å²) in [7, 11) is 0. The topological polar surface area (TPSA) is 111 Å². The van der Waals surface area contributed by atoms with Crippen LogP contribution in [-0.2, 0) is 0 Å². The third-order valence-corrected chi connectivity index (χ3v) is 4.79. The molecule has 0 aliphatic carbocycles. The van der Waals surface area contributed by atoms with Gasteiger partial charge in [0, 0.05) is 49.4 Å². The third-order valence-electron chi connectivity index (χ3n) is 4.79. The van der Waals surface area contributed by atoms with Crippen molar-refractivity contribution in [2.75, 3.05) is 19.7 Å². The molecule has 3 aromatic rings. The number of carbonyl (C=O) groups excluding carboxylic acids is 1. The number of nitrogens with one attached hydrogen (secondary N) is 2. The van der Waals surface area contributed by atoms with Crippen LogP contribution in [-0.4, -0.2) is 57.5 Å². The van der Waals surface area contributed by atoms with Gasteiger partial charge in [0.25, 0.3) is 17.7 Å². The van der Waals surface area contributed by atoms with E-state index in [9.17, 15) is 13.6 Å². The summed E-state index contributed by atoms with van der Waals surface area (Å²) in [5.74, 6) is -1.84. The van der Waals surface area contributed by atoms with Crippen LogP contribution in [0.1, 0.15) is 23.7 Å². The summed E-state index contributed by atoms with van der Waals surface area (Å²) in [5, 5.41) is 5.21. The van der Waals surface area contributed by atoms with Crippen molar-refractivity contribution in [1.82, 2.24) is 30.6 Å². The van der Waals surface area contributed by atoms with E-state index in [4.69, 9.17) is 9.47 Å². The fourth-order valence-corrected chi connectivity index (χ4v) is 3.33. The first-order valence-corrected chi connectivity index (χ1v) is 10.4. The van der Waals surface area contributed by atoms with Crippen LogP contribution in [0, 0.1) is 0 Å². The van der Waals surface area contributed by atoms with Crippen LogP contribution in [0.3, 0.4) is 0 Å². The van der Waals surface area contributed by atoms with E-state index in [0.29, 0.717) is 35.4 Å². The van der Waals surface area contributed by atoms with E-state index >= 15 is 0 Å². The monoisotopic (exact) mass is 456 g/mol. The first-order chi connectivity index (χ1) is 15.9. The number of amides is 1. The minimum Gasteiger partial charge on any atom is -0.488 e. The van der Waals surface area contributed by atoms with E-state index in [1.165, 1.54) is 18.6 Å². The van der Waals surface area contributed by atoms with Gasteiger partial charge in [-0.1, -0.05) is 0 Å². The van der Waals surface area contributed by atoms with Crippen LogP contribution in [0.5, 0.6) is 17.4 Å². The number of aromatic nitrogens is 4. The van der Waals surface area contributed by atoms with Gasteiger partial charge in [-0.2, -0.15) is 0 Å². The molecule has 0 aromatic carbocycles. The van der Waals surface area contributed by atoms with Gasteiger partial charge in [-0.15, -0.1) is 0 Å². The van der Waals surface area contributed by atoms with Gasteiger partial charge < -0.3 is 20.1 Å². The largest absolute Gasteiger partial charge is 0.488 e. The Bertz CT molecular complexity index is 1110. The molecule has 172 valence electrons. The molecule has 1 saturated heterocycles. The standard InChI is InChI=1S/C22H22F2N6O3/c1-2-32-18-4-3-5-27-21(18)33-17-6-14(8-25-12-17)19-28-9-15(10-29-19)20(31)30-16-7-22(23,24)13-26-11-16/h3-6,8-10,12,16,26H,2,7,11,13H2,1H3,(H,30,31)/t16-/m1/s1. The lowest BCUT2D eigenvalue weighted by Crippen LogP contribution is -2.53. The quantitative estimate of drug-likeness (QED) is 0.558. The maximum atomic E-state index is 13.5. The van der Waals surface area contributed by atoms with Gasteiger partial charge in [-0.3, -0.25) is 9.78 Å². The highest BCUT2D eigenvalue weighted by Crippen LogP contribution is 2.30. The van der Waals surface area contributed by atoms with Gasteiger partial charge in [0.1, 0.15) is 5.75 Å². The molecule has 1 fully saturated rings. The highest BCUT2D eigenvalue weighted by Gasteiger charge is 2.36. The van der Waals surface area contributed by atoms with E-state index in [2.05, 4.69) is 30.6 Å². The smallest absolute Gasteiger partial charge is 0.262 e. The molecule has 2 N–H and O–H groups in total. The maximum absolute atomic E-state index is 13.5. The zero-order chi connectivity index (χ0) is 23.3. The molecule has 1 aliphatic heterocycles. The molecule has 11 heteroatoms. The highest BCUT2D eigenvalue weighted by molar-refractivity contribution is 5.93. The van der Waals surface area contributed by atoms with Crippen molar-refractivity contribution in [2.45, 2.75) is 25.3 Å². The van der Waals surface area contributed by atoms with Gasteiger partial charge >= 0.3 is 0 Å². The van der Waals surface area contributed by atoms with E-state index < -0.39 is 24.3 Å². The fraction of sp³-hybridized carbons (Fsp3) is 0.318. The number of alkyl halides is 2. The molecule has 1 aliphatic rings. The molecule has 33 heavy (non-hydrogen) atoms. The van der Waals surface area contributed by atoms with Crippen LogP contribution in [0.25, 0.3) is 11.4 Å². The number of carbonyl (C=O) groups is 1. The van der Waals surface area contributed by atoms with Crippen molar-refractivity contribution in [3.8, 4) is 28.8 Å². The van der Waals surface area contributed by atoms with Gasteiger partial charge in [0.15, 0.2) is 11.6 Å². The lowest BCUT2D eigenvalue weighted by Gasteiger charge is -2.30. The zero-order valence-corrected chi connectivity index (χ0v) is 17.8. The number of rotatable bonds is 7. The first-order valence-electron chi connectivity index (χ1n) is 10.4. The van der Waals surface area contributed by atoms with Gasteiger partial charge in [-0.05, 0) is 25.1 Å². The van der Waals surface area contributed by atoms with Crippen LogP contribution >= 0.6 is 0 Å². The van der Waals surface area contributed by atoms with Crippen LogP contribution in [0.4, 0.5) is 8.78 Å². The molecule has 0 saturated carbocycles. The summed E-state index contributed by atoms with van der Waals surface area (Å²) in [6.07, 6.45) is 6.93. The van der Waals surface area contributed by atoms with Crippen molar-refractivity contribution in [2.24, 2.45) is 0 Å². The van der Waals surface area contributed by atoms with E-state index in [-0.39, 0.29) is 18.7 Å². The average molecular weight is 456 g/mol. The summed E-state index contributed by atoms with van der Waals surface area (Å²) in [6, 6.07) is 4.50. The Morgan fingerprint density at radius 2 is 2.06 bits per heavy atom. The summed E-state index contributed by atoms with van der Waals surface area (Å²) >= 11 is 0. The zero-order valence-electron chi connectivity index (χ0n) is 17.8. The molecule has 4 heterocycles. The number of piperidine rings is 1. The summed E-state index contributed by atoms with van der Waals surface area (Å²) in [4.78, 5) is 29.2. The number of ether oxygens (including phenoxy) is 2. The molecule has 3 aromatic heterocycles. The Balaban J connectivity index is 1.44. The highest BCUT2D eigenvalue weighted by atomic mass is 19.3. The second-order valence-corrected chi connectivity index (χ2v) is 7.41. The molecular weight excluding hydrogens is 434 g/mol. The van der Waals surface area contributed by atoms with Crippen LogP contribution in [0.2, 0.25) is 0 Å². The Labute approximate surface area is 188 Å². The molecule has 0 radical (unpaired) electrons. The van der Waals surface area contributed by atoms with E-state index in [0.717, 1.165) is 0 Å². The van der Waals surface area contributed by atoms with Crippen molar-refractivity contribution >= 4 is 5.91 Å². The number of nitrogens with zero attached hydrogens (tertiary/aromatic N) is 4. The maximum Gasteiger partial charge on any atom is 0.262 e. The van der Waals surface area contributed by atoms with Gasteiger partial charge in [0.2, 0.25) is 0 Å². The SMILES string of the molecule is CCOc1cccnc1Oc1cncc(-c2ncc(C(=O)N[C@H]3CNCC(F)(F)C3)cn2)c1. The summed E-state index contributed by atoms with van der Waals surface area (Å²) in [6.45, 7) is 2.22. The third kappa shape index (κ3) is 5.75. The predicted molar refractivity (Wildman–Crippen MR) is 114 cm³/mol. The van der Waals surface area contributed by atoms with Crippen molar-refractivity contribution < 1.29 is 23.0 Å². The van der Waals surface area contributed by atoms with Crippen molar-refractivity contribution in [3.63, 3.8) is 0 Å². The molecule has 0 unspecified atom stereocenters. The molecule has 1 atom stereocenters. The fourth-order valence-electron chi connectivity index (χ4n) is 3.33. The molecule has 0 spiro atoms. The Morgan fingerprint density at radius 1 is 1.24 bits per heavy atom. The van der Waals surface area contributed by atoms with Crippen LogP contribution in [0.15, 0.2) is 49.2 Å². The minimum absolute atomic E-state index is 0.169.